The maximum atomic E-state index is 13.0. The van der Waals surface area contributed by atoms with Crippen LogP contribution in [0.25, 0.3) is 0 Å². The first-order chi connectivity index (χ1) is 8.14. The summed E-state index contributed by atoms with van der Waals surface area (Å²) < 4.78 is 50.2. The number of benzene rings is 1. The monoisotopic (exact) mass is 266 g/mol. The number of hydrogen-bond acceptors (Lipinski definition) is 2. The molecule has 0 amide bonds. The number of aliphatic carboxylic acids is 1. The van der Waals surface area contributed by atoms with E-state index in [4.69, 9.17) is 5.11 Å². The summed E-state index contributed by atoms with van der Waals surface area (Å²) in [7, 11) is 0. The van der Waals surface area contributed by atoms with Gasteiger partial charge in [-0.05, 0) is 24.6 Å². The minimum atomic E-state index is -4.90. The van der Waals surface area contributed by atoms with Crippen molar-refractivity contribution in [2.75, 3.05) is 0 Å². The van der Waals surface area contributed by atoms with Gasteiger partial charge in [-0.15, -0.1) is 0 Å². The summed E-state index contributed by atoms with van der Waals surface area (Å²) in [6.07, 6.45) is -6.53. The average molecular weight is 266 g/mol. The predicted molar refractivity (Wildman–Crippen MR) is 53.2 cm³/mol. The normalized spacial score (nSPS) is 15.2. The molecule has 18 heavy (non-hydrogen) atoms. The van der Waals surface area contributed by atoms with Gasteiger partial charge >= 0.3 is 12.1 Å². The van der Waals surface area contributed by atoms with Crippen molar-refractivity contribution < 1.29 is 32.6 Å². The van der Waals surface area contributed by atoms with Gasteiger partial charge in [0.05, 0.1) is 17.6 Å². The smallest absolute Gasteiger partial charge is 0.419 e. The fraction of sp³-hybridized carbons (Fsp3) is 0.364. The summed E-state index contributed by atoms with van der Waals surface area (Å²) in [5, 5.41) is 18.2. The third-order valence-corrected chi connectivity index (χ3v) is 2.50. The van der Waals surface area contributed by atoms with Crippen LogP contribution in [-0.2, 0) is 11.0 Å². The van der Waals surface area contributed by atoms with Crippen molar-refractivity contribution in [3.05, 3.63) is 35.1 Å². The zero-order valence-corrected chi connectivity index (χ0v) is 9.20. The number of aliphatic hydroxyl groups excluding tert-OH is 1. The highest BCUT2D eigenvalue weighted by molar-refractivity contribution is 5.70. The second-order valence-electron chi connectivity index (χ2n) is 3.81. The molecule has 2 N–H and O–H groups in total. The summed E-state index contributed by atoms with van der Waals surface area (Å²) in [5.41, 5.74) is -1.82. The Morgan fingerprint density at radius 1 is 1.33 bits per heavy atom. The second-order valence-corrected chi connectivity index (χ2v) is 3.81. The van der Waals surface area contributed by atoms with Crippen LogP contribution in [0.2, 0.25) is 0 Å². The lowest BCUT2D eigenvalue weighted by molar-refractivity contribution is -0.145. The van der Waals surface area contributed by atoms with Gasteiger partial charge in [0, 0.05) is 0 Å². The molecular formula is C11H10F4O3. The van der Waals surface area contributed by atoms with Crippen molar-refractivity contribution >= 4 is 5.97 Å². The van der Waals surface area contributed by atoms with E-state index in [1.54, 1.807) is 0 Å². The molecule has 2 atom stereocenters. The summed E-state index contributed by atoms with van der Waals surface area (Å²) in [6, 6.07) is 1.89. The van der Waals surface area contributed by atoms with Crippen LogP contribution < -0.4 is 0 Å². The fourth-order valence-corrected chi connectivity index (χ4v) is 1.37. The Labute approximate surface area is 99.7 Å². The third kappa shape index (κ3) is 2.98. The van der Waals surface area contributed by atoms with Gasteiger partial charge in [-0.1, -0.05) is 6.07 Å². The summed E-state index contributed by atoms with van der Waals surface area (Å²) in [4.78, 5) is 10.6. The van der Waals surface area contributed by atoms with Crippen LogP contribution in [-0.4, -0.2) is 16.2 Å². The van der Waals surface area contributed by atoms with Gasteiger partial charge in [0.2, 0.25) is 0 Å². The minimum Gasteiger partial charge on any atom is -0.481 e. The second kappa shape index (κ2) is 4.93. The molecule has 7 heteroatoms. The molecule has 0 aliphatic rings. The van der Waals surface area contributed by atoms with Crippen LogP contribution >= 0.6 is 0 Å². The van der Waals surface area contributed by atoms with E-state index in [0.29, 0.717) is 12.1 Å². The standard InChI is InChI=1S/C11H10F4O3/c1-5(10(17)18)9(16)6-2-3-8(12)7(4-6)11(13,14)15/h2-5,9,16H,1H3,(H,17,18). The maximum absolute atomic E-state index is 13.0. The number of carbonyl (C=O) groups is 1. The van der Waals surface area contributed by atoms with Crippen LogP contribution in [0.3, 0.4) is 0 Å². The van der Waals surface area contributed by atoms with E-state index in [9.17, 15) is 27.5 Å². The molecule has 0 aliphatic heterocycles. The fourth-order valence-electron chi connectivity index (χ4n) is 1.37. The molecule has 100 valence electrons. The number of alkyl halides is 3. The largest absolute Gasteiger partial charge is 0.481 e. The van der Waals surface area contributed by atoms with Crippen LogP contribution in [0.1, 0.15) is 24.2 Å². The van der Waals surface area contributed by atoms with E-state index >= 15 is 0 Å². The van der Waals surface area contributed by atoms with Crippen molar-refractivity contribution in [3.63, 3.8) is 0 Å². The third-order valence-electron chi connectivity index (χ3n) is 2.50. The van der Waals surface area contributed by atoms with E-state index in [1.165, 1.54) is 0 Å². The van der Waals surface area contributed by atoms with Crippen LogP contribution in [0, 0.1) is 11.7 Å². The van der Waals surface area contributed by atoms with Crippen LogP contribution in [0.5, 0.6) is 0 Å². The van der Waals surface area contributed by atoms with Crippen LogP contribution in [0.4, 0.5) is 17.6 Å². The Morgan fingerprint density at radius 2 is 1.89 bits per heavy atom. The molecule has 0 saturated carbocycles. The number of rotatable bonds is 3. The highest BCUT2D eigenvalue weighted by Gasteiger charge is 2.35. The van der Waals surface area contributed by atoms with Crippen LogP contribution in [0.15, 0.2) is 18.2 Å². The first kappa shape index (κ1) is 14.4. The van der Waals surface area contributed by atoms with Gasteiger partial charge in [-0.3, -0.25) is 4.79 Å². The zero-order valence-electron chi connectivity index (χ0n) is 9.20. The van der Waals surface area contributed by atoms with Gasteiger partial charge in [-0.2, -0.15) is 13.2 Å². The quantitative estimate of drug-likeness (QED) is 0.827. The highest BCUT2D eigenvalue weighted by atomic mass is 19.4. The van der Waals surface area contributed by atoms with Gasteiger partial charge < -0.3 is 10.2 Å². The molecule has 0 radical (unpaired) electrons. The van der Waals surface area contributed by atoms with Crippen molar-refractivity contribution in [1.29, 1.82) is 0 Å². The number of hydrogen-bond donors (Lipinski definition) is 2. The highest BCUT2D eigenvalue weighted by Crippen LogP contribution is 2.34. The molecule has 1 rings (SSSR count). The molecule has 2 unspecified atom stereocenters. The van der Waals surface area contributed by atoms with E-state index in [2.05, 4.69) is 0 Å². The van der Waals surface area contributed by atoms with Crippen molar-refractivity contribution in [2.45, 2.75) is 19.2 Å². The maximum Gasteiger partial charge on any atom is 0.419 e. The molecule has 0 aliphatic carbocycles. The molecule has 1 aromatic rings. The Morgan fingerprint density at radius 3 is 2.33 bits per heavy atom. The molecule has 0 saturated heterocycles. The summed E-state index contributed by atoms with van der Waals surface area (Å²) in [6.45, 7) is 1.14. The lowest BCUT2D eigenvalue weighted by atomic mass is 9.96. The topological polar surface area (TPSA) is 57.5 Å². The molecule has 0 heterocycles. The van der Waals surface area contributed by atoms with Gasteiger partial charge in [0.15, 0.2) is 0 Å². The Hall–Kier alpha value is -1.63. The SMILES string of the molecule is CC(C(=O)O)C(O)c1ccc(F)c(C(F)(F)F)c1. The number of aliphatic hydroxyl groups is 1. The first-order valence-electron chi connectivity index (χ1n) is 4.92. The Balaban J connectivity index is 3.17. The lowest BCUT2D eigenvalue weighted by Crippen LogP contribution is -2.19. The number of carboxylic acids is 1. The van der Waals surface area contributed by atoms with E-state index in [-0.39, 0.29) is 5.56 Å². The van der Waals surface area contributed by atoms with Crippen molar-refractivity contribution in [3.8, 4) is 0 Å². The van der Waals surface area contributed by atoms with E-state index in [0.717, 1.165) is 13.0 Å². The molecule has 0 spiro atoms. The predicted octanol–water partition coefficient (Wildman–Crippen LogP) is 2.60. The van der Waals surface area contributed by atoms with Gasteiger partial charge in [0.1, 0.15) is 5.82 Å². The lowest BCUT2D eigenvalue weighted by Gasteiger charge is -2.17. The Bertz CT molecular complexity index is 456. The van der Waals surface area contributed by atoms with Crippen molar-refractivity contribution in [1.82, 2.24) is 0 Å². The molecule has 1 aromatic carbocycles. The molecule has 0 fully saturated rings. The zero-order chi connectivity index (χ0) is 14.1. The molecule has 0 aromatic heterocycles. The number of carboxylic acid groups (broad SMARTS) is 1. The summed E-state index contributed by atoms with van der Waals surface area (Å²) >= 11 is 0. The van der Waals surface area contributed by atoms with E-state index < -0.39 is 35.5 Å². The molecular weight excluding hydrogens is 256 g/mol. The molecule has 0 bridgehead atoms. The first-order valence-corrected chi connectivity index (χ1v) is 4.92. The summed E-state index contributed by atoms with van der Waals surface area (Å²) in [5.74, 6) is -4.13. The molecule has 3 nitrogen and oxygen atoms in total. The Kier molecular flexibility index (Phi) is 3.95. The van der Waals surface area contributed by atoms with Crippen molar-refractivity contribution in [2.24, 2.45) is 5.92 Å². The number of halogens is 4. The van der Waals surface area contributed by atoms with Gasteiger partial charge in [0.25, 0.3) is 0 Å². The minimum absolute atomic E-state index is 0.293. The van der Waals surface area contributed by atoms with E-state index in [1.807, 2.05) is 0 Å². The average Bonchev–Trinajstić information content (AvgIpc) is 2.26. The van der Waals surface area contributed by atoms with Gasteiger partial charge in [-0.25, -0.2) is 4.39 Å².